The summed E-state index contributed by atoms with van der Waals surface area (Å²) in [7, 11) is 0. The maximum absolute atomic E-state index is 6.13. The van der Waals surface area contributed by atoms with Crippen LogP contribution in [0.1, 0.15) is 19.2 Å². The summed E-state index contributed by atoms with van der Waals surface area (Å²) in [6.07, 6.45) is 1.76. The van der Waals surface area contributed by atoms with E-state index in [4.69, 9.17) is 23.2 Å². The van der Waals surface area contributed by atoms with E-state index in [2.05, 4.69) is 38.1 Å². The van der Waals surface area contributed by atoms with Crippen molar-refractivity contribution in [3.8, 4) is 0 Å². The lowest BCUT2D eigenvalue weighted by molar-refractivity contribution is 0.837. The highest BCUT2D eigenvalue weighted by molar-refractivity contribution is 9.10. The Kier molecular flexibility index (Phi) is 5.02. The Morgan fingerprint density at radius 2 is 2.00 bits per heavy atom. The quantitative estimate of drug-likeness (QED) is 0.757. The average Bonchev–Trinajstić information content (AvgIpc) is 2.33. The highest BCUT2D eigenvalue weighted by Crippen LogP contribution is 2.28. The molecule has 0 aliphatic carbocycles. The molecule has 2 aromatic rings. The van der Waals surface area contributed by atoms with Gasteiger partial charge in [0.15, 0.2) is 0 Å². The Morgan fingerprint density at radius 1 is 1.21 bits per heavy atom. The van der Waals surface area contributed by atoms with E-state index < -0.39 is 0 Å². The molecule has 0 saturated heterocycles. The van der Waals surface area contributed by atoms with Crippen LogP contribution in [0.3, 0.4) is 0 Å². The number of hydrogen-bond donors (Lipinski definition) is 1. The zero-order valence-electron chi connectivity index (χ0n) is 10.3. The smallest absolute Gasteiger partial charge is 0.135 e. The van der Waals surface area contributed by atoms with Crippen molar-refractivity contribution in [1.82, 2.24) is 9.97 Å². The fraction of sp³-hybridized carbons (Fsp3) is 0.231. The maximum atomic E-state index is 6.13. The first-order valence-electron chi connectivity index (χ1n) is 5.84. The normalized spacial score (nSPS) is 10.5. The lowest BCUT2D eigenvalue weighted by Crippen LogP contribution is -2.00. The molecule has 0 amide bonds. The van der Waals surface area contributed by atoms with Crippen LogP contribution in [0.15, 0.2) is 28.7 Å². The molecule has 1 N–H and O–H groups in total. The van der Waals surface area contributed by atoms with E-state index in [1.807, 2.05) is 18.2 Å². The molecular formula is C13H12BrCl2N3. The summed E-state index contributed by atoms with van der Waals surface area (Å²) in [5.41, 5.74) is 0.772. The molecule has 6 heteroatoms. The van der Waals surface area contributed by atoms with Crippen molar-refractivity contribution in [3.05, 3.63) is 44.7 Å². The van der Waals surface area contributed by atoms with Crippen molar-refractivity contribution in [3.63, 3.8) is 0 Å². The number of hydrogen-bond acceptors (Lipinski definition) is 3. The summed E-state index contributed by atoms with van der Waals surface area (Å²) >= 11 is 15.5. The number of aromatic nitrogens is 2. The second-order valence-corrected chi connectivity index (χ2v) is 5.70. The minimum Gasteiger partial charge on any atom is -0.339 e. The van der Waals surface area contributed by atoms with Gasteiger partial charge in [-0.05, 0) is 24.6 Å². The number of anilines is 2. The minimum atomic E-state index is 0.423. The van der Waals surface area contributed by atoms with Gasteiger partial charge >= 0.3 is 0 Å². The molecule has 1 aromatic heterocycles. The van der Waals surface area contributed by atoms with Crippen molar-refractivity contribution >= 4 is 50.6 Å². The van der Waals surface area contributed by atoms with Crippen LogP contribution in [0.4, 0.5) is 11.5 Å². The van der Waals surface area contributed by atoms with Crippen LogP contribution in [0.25, 0.3) is 0 Å². The highest BCUT2D eigenvalue weighted by Gasteiger charge is 2.06. The van der Waals surface area contributed by atoms with Gasteiger partial charge in [0.2, 0.25) is 0 Å². The molecular weight excluding hydrogens is 349 g/mol. The van der Waals surface area contributed by atoms with E-state index in [0.717, 1.165) is 28.8 Å². The largest absolute Gasteiger partial charge is 0.339 e. The molecule has 100 valence electrons. The third-order valence-corrected chi connectivity index (χ3v) is 3.42. The molecule has 1 aromatic carbocycles. The van der Waals surface area contributed by atoms with Crippen LogP contribution >= 0.6 is 39.1 Å². The molecule has 0 bridgehead atoms. The Morgan fingerprint density at radius 3 is 2.74 bits per heavy atom. The van der Waals surface area contributed by atoms with Gasteiger partial charge in [0.1, 0.15) is 16.8 Å². The predicted octanol–water partition coefficient (Wildman–Crippen LogP) is 5.24. The third-order valence-electron chi connectivity index (χ3n) is 2.41. The first-order valence-corrected chi connectivity index (χ1v) is 7.39. The molecule has 0 aliphatic heterocycles. The molecule has 0 radical (unpaired) electrons. The molecule has 0 unspecified atom stereocenters. The summed E-state index contributed by atoms with van der Waals surface area (Å²) in [6, 6.07) is 7.25. The second kappa shape index (κ2) is 6.55. The molecule has 0 fully saturated rings. The van der Waals surface area contributed by atoms with Crippen LogP contribution < -0.4 is 5.32 Å². The van der Waals surface area contributed by atoms with Crippen LogP contribution in [0.5, 0.6) is 0 Å². The summed E-state index contributed by atoms with van der Waals surface area (Å²) in [6.45, 7) is 2.07. The fourth-order valence-corrected chi connectivity index (χ4v) is 2.32. The molecule has 1 heterocycles. The number of nitrogens with zero attached hydrogens (tertiary/aromatic N) is 2. The van der Waals surface area contributed by atoms with Gasteiger partial charge in [-0.2, -0.15) is 0 Å². The lowest BCUT2D eigenvalue weighted by Gasteiger charge is -2.09. The second-order valence-electron chi connectivity index (χ2n) is 3.99. The molecule has 3 nitrogen and oxygen atoms in total. The van der Waals surface area contributed by atoms with Crippen LogP contribution in [-0.2, 0) is 6.42 Å². The SMILES string of the molecule is CCCc1nc(Cl)cc(Nc2cc(Br)ccc2Cl)n1. The van der Waals surface area contributed by atoms with Crippen molar-refractivity contribution in [2.75, 3.05) is 5.32 Å². The van der Waals surface area contributed by atoms with E-state index in [9.17, 15) is 0 Å². The molecule has 0 saturated carbocycles. The Hall–Kier alpha value is -0.840. The van der Waals surface area contributed by atoms with Gasteiger partial charge < -0.3 is 5.32 Å². The van der Waals surface area contributed by atoms with Crippen molar-refractivity contribution in [2.24, 2.45) is 0 Å². The zero-order valence-corrected chi connectivity index (χ0v) is 13.3. The number of rotatable bonds is 4. The number of nitrogens with one attached hydrogen (secondary N) is 1. The Bertz CT molecular complexity index is 590. The first kappa shape index (κ1) is 14.6. The summed E-state index contributed by atoms with van der Waals surface area (Å²) in [5.74, 6) is 1.37. The average molecular weight is 361 g/mol. The van der Waals surface area contributed by atoms with E-state index in [1.165, 1.54) is 0 Å². The van der Waals surface area contributed by atoms with Crippen LogP contribution in [0.2, 0.25) is 10.2 Å². The zero-order chi connectivity index (χ0) is 13.8. The Labute approximate surface area is 130 Å². The van der Waals surface area contributed by atoms with Crippen molar-refractivity contribution in [1.29, 1.82) is 0 Å². The van der Waals surface area contributed by atoms with Gasteiger partial charge in [-0.3, -0.25) is 0 Å². The molecule has 19 heavy (non-hydrogen) atoms. The van der Waals surface area contributed by atoms with E-state index >= 15 is 0 Å². The van der Waals surface area contributed by atoms with Crippen LogP contribution in [0, 0.1) is 0 Å². The number of halogens is 3. The summed E-state index contributed by atoms with van der Waals surface area (Å²) in [4.78, 5) is 8.59. The predicted molar refractivity (Wildman–Crippen MR) is 83.5 cm³/mol. The van der Waals surface area contributed by atoms with E-state index in [1.54, 1.807) is 6.07 Å². The molecule has 0 spiro atoms. The summed E-state index contributed by atoms with van der Waals surface area (Å²) < 4.78 is 0.938. The minimum absolute atomic E-state index is 0.423. The Balaban J connectivity index is 2.29. The third kappa shape index (κ3) is 4.06. The van der Waals surface area contributed by atoms with Gasteiger partial charge in [-0.15, -0.1) is 0 Å². The fourth-order valence-electron chi connectivity index (χ4n) is 1.60. The van der Waals surface area contributed by atoms with Gasteiger partial charge in [0.05, 0.1) is 10.7 Å². The van der Waals surface area contributed by atoms with E-state index in [0.29, 0.717) is 16.0 Å². The van der Waals surface area contributed by atoms with Gasteiger partial charge in [0.25, 0.3) is 0 Å². The molecule has 2 rings (SSSR count). The highest BCUT2D eigenvalue weighted by atomic mass is 79.9. The standard InChI is InChI=1S/C13H12BrCl2N3/c1-2-3-12-18-11(16)7-13(19-12)17-10-6-8(14)4-5-9(10)15/h4-7H,2-3H2,1H3,(H,17,18,19). The van der Waals surface area contributed by atoms with E-state index in [-0.39, 0.29) is 0 Å². The number of aryl methyl sites for hydroxylation is 1. The van der Waals surface area contributed by atoms with Gasteiger partial charge in [0, 0.05) is 17.0 Å². The number of benzene rings is 1. The van der Waals surface area contributed by atoms with Gasteiger partial charge in [-0.25, -0.2) is 9.97 Å². The van der Waals surface area contributed by atoms with Crippen molar-refractivity contribution < 1.29 is 0 Å². The summed E-state index contributed by atoms with van der Waals surface area (Å²) in [5, 5.41) is 4.20. The monoisotopic (exact) mass is 359 g/mol. The maximum Gasteiger partial charge on any atom is 0.135 e. The molecule has 0 atom stereocenters. The van der Waals surface area contributed by atoms with Crippen LogP contribution in [-0.4, -0.2) is 9.97 Å². The van der Waals surface area contributed by atoms with Gasteiger partial charge in [-0.1, -0.05) is 46.1 Å². The van der Waals surface area contributed by atoms with Crippen molar-refractivity contribution in [2.45, 2.75) is 19.8 Å². The lowest BCUT2D eigenvalue weighted by atomic mass is 10.3. The first-order chi connectivity index (χ1) is 9.08. The molecule has 0 aliphatic rings. The topological polar surface area (TPSA) is 37.8 Å².